The first-order valence-electron chi connectivity index (χ1n) is 4.15. The van der Waals surface area contributed by atoms with E-state index in [2.05, 4.69) is 9.72 Å². The Bertz CT molecular complexity index is 415. The standard InChI is InChI=1S/C9H7ClF2INO2/c1-16-7(15)3-5-8(13)4(9(11)12)2-6(10)14-5/h2,9H,3H2,1H3. The number of rotatable bonds is 3. The molecule has 0 fully saturated rings. The second-order valence-electron chi connectivity index (χ2n) is 2.85. The Morgan fingerprint density at radius 2 is 2.31 bits per heavy atom. The van der Waals surface area contributed by atoms with Gasteiger partial charge in [0.1, 0.15) is 5.15 Å². The zero-order valence-corrected chi connectivity index (χ0v) is 11.1. The molecule has 1 aromatic rings. The van der Waals surface area contributed by atoms with E-state index in [-0.39, 0.29) is 26.4 Å². The molecule has 0 atom stereocenters. The Hall–Kier alpha value is -0.500. The van der Waals surface area contributed by atoms with E-state index in [1.807, 2.05) is 0 Å². The largest absolute Gasteiger partial charge is 0.469 e. The highest BCUT2D eigenvalue weighted by atomic mass is 127. The lowest BCUT2D eigenvalue weighted by atomic mass is 10.2. The third-order valence-electron chi connectivity index (χ3n) is 1.80. The lowest BCUT2D eigenvalue weighted by Gasteiger charge is -2.08. The fourth-order valence-corrected chi connectivity index (χ4v) is 1.98. The van der Waals surface area contributed by atoms with E-state index in [0.29, 0.717) is 0 Å². The summed E-state index contributed by atoms with van der Waals surface area (Å²) in [6.07, 6.45) is -2.82. The topological polar surface area (TPSA) is 39.2 Å². The molecule has 1 aromatic heterocycles. The Morgan fingerprint density at radius 1 is 1.69 bits per heavy atom. The van der Waals surface area contributed by atoms with Gasteiger partial charge in [0.15, 0.2) is 0 Å². The molecule has 1 rings (SSSR count). The summed E-state index contributed by atoms with van der Waals surface area (Å²) in [6.45, 7) is 0. The zero-order valence-electron chi connectivity index (χ0n) is 8.14. The smallest absolute Gasteiger partial charge is 0.311 e. The lowest BCUT2D eigenvalue weighted by molar-refractivity contribution is -0.139. The van der Waals surface area contributed by atoms with Crippen molar-refractivity contribution in [1.82, 2.24) is 4.98 Å². The van der Waals surface area contributed by atoms with Crippen molar-refractivity contribution in [2.24, 2.45) is 0 Å². The second-order valence-corrected chi connectivity index (χ2v) is 4.31. The van der Waals surface area contributed by atoms with Crippen LogP contribution in [0.2, 0.25) is 5.15 Å². The van der Waals surface area contributed by atoms with Gasteiger partial charge in [0.2, 0.25) is 0 Å². The van der Waals surface area contributed by atoms with Crippen LogP contribution in [0.1, 0.15) is 17.7 Å². The van der Waals surface area contributed by atoms with E-state index in [1.54, 1.807) is 22.6 Å². The fraction of sp³-hybridized carbons (Fsp3) is 0.333. The number of alkyl halides is 2. The van der Waals surface area contributed by atoms with Crippen LogP contribution in [0.3, 0.4) is 0 Å². The molecular formula is C9H7ClF2INO2. The predicted molar refractivity (Wildman–Crippen MR) is 62.6 cm³/mol. The molecule has 0 spiro atoms. The normalized spacial score (nSPS) is 10.6. The maximum atomic E-state index is 12.6. The van der Waals surface area contributed by atoms with Gasteiger partial charge in [-0.15, -0.1) is 0 Å². The van der Waals surface area contributed by atoms with Crippen molar-refractivity contribution < 1.29 is 18.3 Å². The fourth-order valence-electron chi connectivity index (χ4n) is 1.05. The molecule has 0 aliphatic carbocycles. The van der Waals surface area contributed by atoms with Gasteiger partial charge in [0.25, 0.3) is 6.43 Å². The van der Waals surface area contributed by atoms with Gasteiger partial charge in [-0.3, -0.25) is 4.79 Å². The Kier molecular flexibility index (Phi) is 4.85. The van der Waals surface area contributed by atoms with Crippen LogP contribution in [0.5, 0.6) is 0 Å². The molecule has 0 saturated heterocycles. The molecular weight excluding hydrogens is 354 g/mol. The molecule has 1 heterocycles. The number of pyridine rings is 1. The van der Waals surface area contributed by atoms with Gasteiger partial charge in [0, 0.05) is 9.13 Å². The van der Waals surface area contributed by atoms with E-state index >= 15 is 0 Å². The van der Waals surface area contributed by atoms with E-state index in [1.165, 1.54) is 7.11 Å². The number of esters is 1. The van der Waals surface area contributed by atoms with Gasteiger partial charge in [-0.2, -0.15) is 0 Å². The van der Waals surface area contributed by atoms with E-state index in [4.69, 9.17) is 11.6 Å². The highest BCUT2D eigenvalue weighted by Crippen LogP contribution is 2.28. The molecule has 3 nitrogen and oxygen atoms in total. The summed E-state index contributed by atoms with van der Waals surface area (Å²) in [5.41, 5.74) is -0.0187. The molecule has 0 unspecified atom stereocenters. The van der Waals surface area contributed by atoms with Crippen molar-refractivity contribution in [2.75, 3.05) is 7.11 Å². The van der Waals surface area contributed by atoms with Gasteiger partial charge >= 0.3 is 5.97 Å². The molecule has 0 aliphatic heterocycles. The first-order valence-corrected chi connectivity index (χ1v) is 5.61. The van der Waals surface area contributed by atoms with Gasteiger partial charge < -0.3 is 4.74 Å². The SMILES string of the molecule is COC(=O)Cc1nc(Cl)cc(C(F)F)c1I. The second kappa shape index (κ2) is 5.72. The molecule has 0 aliphatic rings. The van der Waals surface area contributed by atoms with Crippen LogP contribution in [0.15, 0.2) is 6.07 Å². The van der Waals surface area contributed by atoms with Crippen molar-refractivity contribution in [1.29, 1.82) is 0 Å². The summed E-state index contributed by atoms with van der Waals surface area (Å²) < 4.78 is 29.9. The van der Waals surface area contributed by atoms with Gasteiger partial charge in [0.05, 0.1) is 19.2 Å². The third kappa shape index (κ3) is 3.24. The van der Waals surface area contributed by atoms with Crippen molar-refractivity contribution in [2.45, 2.75) is 12.8 Å². The molecule has 7 heteroatoms. The van der Waals surface area contributed by atoms with Crippen LogP contribution in [0, 0.1) is 3.57 Å². The number of nitrogens with zero attached hydrogens (tertiary/aromatic N) is 1. The Morgan fingerprint density at radius 3 is 2.81 bits per heavy atom. The Labute approximate surface area is 109 Å². The molecule has 88 valence electrons. The summed E-state index contributed by atoms with van der Waals surface area (Å²) in [4.78, 5) is 14.9. The molecule has 0 amide bonds. The molecule has 16 heavy (non-hydrogen) atoms. The first kappa shape index (κ1) is 13.6. The number of halogens is 4. The van der Waals surface area contributed by atoms with Crippen LogP contribution in [0.25, 0.3) is 0 Å². The van der Waals surface area contributed by atoms with E-state index in [9.17, 15) is 13.6 Å². The first-order chi connectivity index (χ1) is 7.45. The molecule has 0 saturated carbocycles. The predicted octanol–water partition coefficient (Wildman–Crippen LogP) is 2.99. The van der Waals surface area contributed by atoms with Gasteiger partial charge in [-0.1, -0.05) is 11.6 Å². The number of methoxy groups -OCH3 is 1. The van der Waals surface area contributed by atoms with Crippen molar-refractivity contribution in [3.63, 3.8) is 0 Å². The summed E-state index contributed by atoms with van der Waals surface area (Å²) in [6, 6.07) is 1.09. The van der Waals surface area contributed by atoms with E-state index < -0.39 is 12.4 Å². The number of aromatic nitrogens is 1. The number of ether oxygens (including phenoxy) is 1. The number of hydrogen-bond acceptors (Lipinski definition) is 3. The van der Waals surface area contributed by atoms with Crippen LogP contribution in [-0.4, -0.2) is 18.1 Å². The van der Waals surface area contributed by atoms with Gasteiger partial charge in [-0.25, -0.2) is 13.8 Å². The number of hydrogen-bond donors (Lipinski definition) is 0. The van der Waals surface area contributed by atoms with Gasteiger partial charge in [-0.05, 0) is 28.7 Å². The molecule has 0 N–H and O–H groups in total. The summed E-state index contributed by atoms with van der Waals surface area (Å²) in [5, 5.41) is -0.0605. The quantitative estimate of drug-likeness (QED) is 0.472. The molecule has 0 radical (unpaired) electrons. The van der Waals surface area contributed by atoms with Crippen LogP contribution >= 0.6 is 34.2 Å². The minimum absolute atomic E-state index is 0.0605. The van der Waals surface area contributed by atoms with Crippen molar-refractivity contribution >= 4 is 40.2 Å². The average molecular weight is 362 g/mol. The maximum Gasteiger partial charge on any atom is 0.311 e. The number of carbonyl (C=O) groups excluding carboxylic acids is 1. The summed E-state index contributed by atoms with van der Waals surface area (Å²) in [7, 11) is 1.22. The van der Waals surface area contributed by atoms with Crippen LogP contribution in [0.4, 0.5) is 8.78 Å². The van der Waals surface area contributed by atoms with E-state index in [0.717, 1.165) is 6.07 Å². The zero-order chi connectivity index (χ0) is 12.3. The number of carbonyl (C=O) groups is 1. The highest BCUT2D eigenvalue weighted by molar-refractivity contribution is 14.1. The summed E-state index contributed by atoms with van der Waals surface area (Å²) >= 11 is 7.31. The minimum Gasteiger partial charge on any atom is -0.469 e. The van der Waals surface area contributed by atoms with Crippen molar-refractivity contribution in [3.05, 3.63) is 26.0 Å². The third-order valence-corrected chi connectivity index (χ3v) is 3.24. The average Bonchev–Trinajstić information content (AvgIpc) is 2.22. The highest BCUT2D eigenvalue weighted by Gasteiger charge is 2.18. The lowest BCUT2D eigenvalue weighted by Crippen LogP contribution is -2.09. The molecule has 0 aromatic carbocycles. The minimum atomic E-state index is -2.65. The molecule has 0 bridgehead atoms. The van der Waals surface area contributed by atoms with Crippen molar-refractivity contribution in [3.8, 4) is 0 Å². The van der Waals surface area contributed by atoms with Crippen LogP contribution in [-0.2, 0) is 16.0 Å². The monoisotopic (exact) mass is 361 g/mol. The summed E-state index contributed by atoms with van der Waals surface area (Å²) in [5.74, 6) is -0.548. The maximum absolute atomic E-state index is 12.6. The van der Waals surface area contributed by atoms with Crippen LogP contribution < -0.4 is 0 Å². The Balaban J connectivity index is 3.14.